The Morgan fingerprint density at radius 1 is 1.42 bits per heavy atom. The second kappa shape index (κ2) is 6.06. The van der Waals surface area contributed by atoms with Gasteiger partial charge in [-0.1, -0.05) is 11.6 Å². The van der Waals surface area contributed by atoms with Gasteiger partial charge in [-0.3, -0.25) is 4.79 Å². The van der Waals surface area contributed by atoms with Gasteiger partial charge in [-0.05, 0) is 18.6 Å². The fourth-order valence-corrected chi connectivity index (χ4v) is 2.82. The summed E-state index contributed by atoms with van der Waals surface area (Å²) >= 11 is 5.91. The number of rotatable bonds is 2. The number of nitrogens with zero attached hydrogens (tertiary/aromatic N) is 4. The summed E-state index contributed by atoms with van der Waals surface area (Å²) in [5.41, 5.74) is 3.97. The number of carbonyl (C=O) groups is 1. The number of hydrogen-bond acceptors (Lipinski definition) is 4. The lowest BCUT2D eigenvalue weighted by molar-refractivity contribution is -0.143. The first-order valence-electron chi connectivity index (χ1n) is 7.10. The molecule has 0 saturated carbocycles. The molecule has 10 heteroatoms. The van der Waals surface area contributed by atoms with Gasteiger partial charge in [-0.2, -0.15) is 18.3 Å². The average molecular weight is 360 g/mol. The van der Waals surface area contributed by atoms with Crippen LogP contribution in [0.5, 0.6) is 0 Å². The molecule has 2 aromatic rings. The molecule has 0 spiro atoms. The minimum Gasteiger partial charge on any atom is -0.337 e. The summed E-state index contributed by atoms with van der Waals surface area (Å²) in [6.07, 6.45) is -2.07. The second-order valence-corrected chi connectivity index (χ2v) is 5.83. The first-order chi connectivity index (χ1) is 11.3. The van der Waals surface area contributed by atoms with Gasteiger partial charge in [0.15, 0.2) is 11.5 Å². The quantitative estimate of drug-likeness (QED) is 0.891. The molecular weight excluding hydrogens is 347 g/mol. The van der Waals surface area contributed by atoms with Crippen LogP contribution in [-0.2, 0) is 6.18 Å². The normalized spacial score (nSPS) is 18.2. The summed E-state index contributed by atoms with van der Waals surface area (Å²) in [6, 6.07) is 2.65. The highest BCUT2D eigenvalue weighted by Crippen LogP contribution is 2.35. The summed E-state index contributed by atoms with van der Waals surface area (Å²) in [6.45, 7) is 0.526. The molecule has 128 valence electrons. The van der Waals surface area contributed by atoms with E-state index in [1.807, 2.05) is 0 Å². The molecular formula is C14H13ClF3N5O. The number of aromatic nitrogens is 3. The smallest absolute Gasteiger partial charge is 0.337 e. The fourth-order valence-electron chi connectivity index (χ4n) is 2.61. The zero-order chi connectivity index (χ0) is 17.5. The van der Waals surface area contributed by atoms with E-state index in [2.05, 4.69) is 10.1 Å². The number of nitrogens with two attached hydrogens (primary N) is 1. The minimum atomic E-state index is -4.80. The van der Waals surface area contributed by atoms with Crippen molar-refractivity contribution in [1.82, 2.24) is 19.7 Å². The molecule has 24 heavy (non-hydrogen) atoms. The zero-order valence-electron chi connectivity index (χ0n) is 12.3. The molecule has 1 fully saturated rings. The lowest BCUT2D eigenvalue weighted by atomic mass is 10.2. The Balaban J connectivity index is 2.09. The Labute approximate surface area is 140 Å². The Bertz CT molecular complexity index is 776. The molecule has 1 atom stereocenters. The summed E-state index contributed by atoms with van der Waals surface area (Å²) in [7, 11) is 0. The number of alkyl halides is 3. The van der Waals surface area contributed by atoms with Crippen LogP contribution < -0.4 is 5.73 Å². The topological polar surface area (TPSA) is 77.0 Å². The molecule has 2 aromatic heterocycles. The van der Waals surface area contributed by atoms with Crippen LogP contribution in [0.15, 0.2) is 24.5 Å². The third-order valence-electron chi connectivity index (χ3n) is 3.72. The predicted octanol–water partition coefficient (Wildman–Crippen LogP) is 2.11. The van der Waals surface area contributed by atoms with E-state index in [0.29, 0.717) is 17.6 Å². The van der Waals surface area contributed by atoms with E-state index >= 15 is 0 Å². The van der Waals surface area contributed by atoms with Gasteiger partial charge < -0.3 is 10.6 Å². The highest BCUT2D eigenvalue weighted by atomic mass is 35.5. The van der Waals surface area contributed by atoms with Gasteiger partial charge in [-0.15, -0.1) is 0 Å². The number of carbonyl (C=O) groups excluding carboxylic acids is 1. The van der Waals surface area contributed by atoms with Gasteiger partial charge >= 0.3 is 6.18 Å². The third-order valence-corrected chi connectivity index (χ3v) is 4.01. The van der Waals surface area contributed by atoms with Gasteiger partial charge in [0.2, 0.25) is 0 Å². The van der Waals surface area contributed by atoms with E-state index in [1.54, 1.807) is 0 Å². The lowest BCUT2D eigenvalue weighted by Gasteiger charge is -2.17. The molecule has 3 heterocycles. The first kappa shape index (κ1) is 16.7. The van der Waals surface area contributed by atoms with Crippen LogP contribution in [0.4, 0.5) is 13.2 Å². The molecule has 0 aliphatic carbocycles. The van der Waals surface area contributed by atoms with Crippen molar-refractivity contribution in [3.05, 3.63) is 40.8 Å². The molecule has 6 nitrogen and oxygen atoms in total. The molecule has 3 rings (SSSR count). The van der Waals surface area contributed by atoms with Crippen LogP contribution in [0, 0.1) is 0 Å². The lowest BCUT2D eigenvalue weighted by Crippen LogP contribution is -2.33. The van der Waals surface area contributed by atoms with Gasteiger partial charge in [-0.25, -0.2) is 9.67 Å². The predicted molar refractivity (Wildman–Crippen MR) is 79.9 cm³/mol. The Hall–Kier alpha value is -2.13. The monoisotopic (exact) mass is 359 g/mol. The van der Waals surface area contributed by atoms with E-state index in [9.17, 15) is 18.0 Å². The van der Waals surface area contributed by atoms with Gasteiger partial charge in [0.25, 0.3) is 5.91 Å². The SMILES string of the molecule is N[C@H]1CCN(C(=O)c2cnn(-c3ncccc3Cl)c2C(F)(F)F)C1. The van der Waals surface area contributed by atoms with Crippen molar-refractivity contribution in [3.8, 4) is 5.82 Å². The Morgan fingerprint density at radius 3 is 2.75 bits per heavy atom. The van der Waals surface area contributed by atoms with E-state index in [-0.39, 0.29) is 23.4 Å². The van der Waals surface area contributed by atoms with E-state index < -0.39 is 23.3 Å². The zero-order valence-corrected chi connectivity index (χ0v) is 13.1. The largest absolute Gasteiger partial charge is 0.434 e. The maximum atomic E-state index is 13.6. The first-order valence-corrected chi connectivity index (χ1v) is 7.48. The van der Waals surface area contributed by atoms with Crippen LogP contribution >= 0.6 is 11.6 Å². The number of pyridine rings is 1. The molecule has 1 amide bonds. The van der Waals surface area contributed by atoms with E-state index in [1.165, 1.54) is 23.2 Å². The van der Waals surface area contributed by atoms with Crippen molar-refractivity contribution in [3.63, 3.8) is 0 Å². The average Bonchev–Trinajstić information content (AvgIpc) is 3.13. The highest BCUT2D eigenvalue weighted by molar-refractivity contribution is 6.32. The number of likely N-dealkylation sites (tertiary alicyclic amines) is 1. The second-order valence-electron chi connectivity index (χ2n) is 5.43. The molecule has 1 aliphatic heterocycles. The fraction of sp³-hybridized carbons (Fsp3) is 0.357. The summed E-state index contributed by atoms with van der Waals surface area (Å²) < 4.78 is 41.2. The molecule has 2 N–H and O–H groups in total. The number of halogens is 4. The van der Waals surface area contributed by atoms with Crippen LogP contribution in [0.3, 0.4) is 0 Å². The van der Waals surface area contributed by atoms with Crippen molar-refractivity contribution in [2.75, 3.05) is 13.1 Å². The summed E-state index contributed by atoms with van der Waals surface area (Å²) in [5, 5.41) is 3.69. The molecule has 1 saturated heterocycles. The van der Waals surface area contributed by atoms with Crippen LogP contribution in [0.25, 0.3) is 5.82 Å². The number of amides is 1. The van der Waals surface area contributed by atoms with E-state index in [0.717, 1.165) is 6.20 Å². The van der Waals surface area contributed by atoms with Crippen molar-refractivity contribution in [2.24, 2.45) is 5.73 Å². The highest BCUT2D eigenvalue weighted by Gasteiger charge is 2.42. The third kappa shape index (κ3) is 2.96. The van der Waals surface area contributed by atoms with E-state index in [4.69, 9.17) is 17.3 Å². The van der Waals surface area contributed by atoms with Crippen molar-refractivity contribution >= 4 is 17.5 Å². The van der Waals surface area contributed by atoms with Gasteiger partial charge in [0.1, 0.15) is 0 Å². The van der Waals surface area contributed by atoms with Gasteiger partial charge in [0.05, 0.1) is 16.8 Å². The summed E-state index contributed by atoms with van der Waals surface area (Å²) in [5.74, 6) is -0.947. The molecule has 0 radical (unpaired) electrons. The van der Waals surface area contributed by atoms with Crippen molar-refractivity contribution < 1.29 is 18.0 Å². The Morgan fingerprint density at radius 2 is 2.17 bits per heavy atom. The van der Waals surface area contributed by atoms with Gasteiger partial charge in [0, 0.05) is 25.3 Å². The summed E-state index contributed by atoms with van der Waals surface area (Å²) in [4.78, 5) is 17.6. The molecule has 0 bridgehead atoms. The standard InChI is InChI=1S/C14H13ClF3N5O/c15-10-2-1-4-20-12(10)23-11(14(16,17)18)9(6-21-23)13(24)22-5-3-8(19)7-22/h1-2,4,6,8H,3,5,7,19H2/t8-/m0/s1. The molecule has 0 unspecified atom stereocenters. The van der Waals surface area contributed by atoms with Crippen molar-refractivity contribution in [1.29, 1.82) is 0 Å². The Kier molecular flexibility index (Phi) is 4.22. The maximum Gasteiger partial charge on any atom is 0.434 e. The molecule has 0 aromatic carbocycles. The van der Waals surface area contributed by atoms with Crippen LogP contribution in [0.1, 0.15) is 22.5 Å². The number of hydrogen-bond donors (Lipinski definition) is 1. The van der Waals surface area contributed by atoms with Crippen molar-refractivity contribution in [2.45, 2.75) is 18.6 Å². The van der Waals surface area contributed by atoms with Crippen LogP contribution in [0.2, 0.25) is 5.02 Å². The minimum absolute atomic E-state index is 0.00621. The molecule has 1 aliphatic rings. The maximum absolute atomic E-state index is 13.6. The van der Waals surface area contributed by atoms with Crippen LogP contribution in [-0.4, -0.2) is 44.7 Å².